The van der Waals surface area contributed by atoms with Crippen LogP contribution in [0.25, 0.3) is 0 Å². The number of rotatable bonds is 8. The van der Waals surface area contributed by atoms with Gasteiger partial charge in [0, 0.05) is 13.1 Å². The fourth-order valence-electron chi connectivity index (χ4n) is 1.18. The predicted molar refractivity (Wildman–Crippen MR) is 63.5 cm³/mol. The van der Waals surface area contributed by atoms with Crippen molar-refractivity contribution in [3.05, 3.63) is 0 Å². The molecule has 0 rings (SSSR count). The summed E-state index contributed by atoms with van der Waals surface area (Å²) in [6.45, 7) is 0.508. The molecule has 8 nitrogen and oxygen atoms in total. The molecular formula is C8H20N4O4S. The van der Waals surface area contributed by atoms with Crippen LogP contribution >= 0.6 is 0 Å². The Bertz CT molecular complexity index is 343. The molecule has 0 saturated heterocycles. The number of nitrogens with two attached hydrogens (primary N) is 2. The second-order valence-electron chi connectivity index (χ2n) is 4.00. The van der Waals surface area contributed by atoms with Gasteiger partial charge < -0.3 is 15.7 Å². The second-order valence-corrected chi connectivity index (χ2v) is 5.55. The number of aliphatic carboxylic acids is 1. The molecule has 0 aliphatic carbocycles. The molecule has 102 valence electrons. The van der Waals surface area contributed by atoms with E-state index in [4.69, 9.17) is 16.0 Å². The van der Waals surface area contributed by atoms with Gasteiger partial charge in [-0.1, -0.05) is 0 Å². The smallest absolute Gasteiger partial charge is 0.321 e. The molecule has 0 amide bonds. The lowest BCUT2D eigenvalue weighted by Crippen LogP contribution is -2.48. The van der Waals surface area contributed by atoms with Crippen LogP contribution in [0.15, 0.2) is 0 Å². The zero-order chi connectivity index (χ0) is 13.6. The topological polar surface area (TPSA) is 130 Å². The summed E-state index contributed by atoms with van der Waals surface area (Å²) in [7, 11) is -0.217. The molecular weight excluding hydrogens is 248 g/mol. The molecule has 0 saturated carbocycles. The van der Waals surface area contributed by atoms with Crippen molar-refractivity contribution in [2.24, 2.45) is 10.9 Å². The number of carbonyl (C=O) groups is 1. The van der Waals surface area contributed by atoms with Crippen molar-refractivity contribution in [2.75, 3.05) is 33.7 Å². The van der Waals surface area contributed by atoms with Crippen molar-refractivity contribution in [3.63, 3.8) is 0 Å². The van der Waals surface area contributed by atoms with Crippen LogP contribution in [-0.4, -0.2) is 68.5 Å². The zero-order valence-corrected chi connectivity index (χ0v) is 10.9. The molecule has 0 aromatic rings. The molecule has 0 aromatic carbocycles. The lowest BCUT2D eigenvalue weighted by molar-refractivity contribution is -0.138. The maximum atomic E-state index is 11.2. The van der Waals surface area contributed by atoms with Gasteiger partial charge in [0.2, 0.25) is 0 Å². The van der Waals surface area contributed by atoms with E-state index in [2.05, 4.69) is 0 Å². The molecule has 0 aliphatic rings. The van der Waals surface area contributed by atoms with Crippen LogP contribution in [-0.2, 0) is 15.0 Å². The van der Waals surface area contributed by atoms with Crippen molar-refractivity contribution in [2.45, 2.75) is 12.5 Å². The maximum absolute atomic E-state index is 11.2. The molecule has 1 atom stereocenters. The van der Waals surface area contributed by atoms with Gasteiger partial charge in [-0.2, -0.15) is 12.7 Å². The minimum Gasteiger partial charge on any atom is -0.480 e. The largest absolute Gasteiger partial charge is 0.480 e. The average Bonchev–Trinajstić information content (AvgIpc) is 2.13. The van der Waals surface area contributed by atoms with Crippen molar-refractivity contribution < 1.29 is 18.3 Å². The zero-order valence-electron chi connectivity index (χ0n) is 10.0. The van der Waals surface area contributed by atoms with Crippen molar-refractivity contribution in [1.29, 1.82) is 0 Å². The Kier molecular flexibility index (Phi) is 6.57. The summed E-state index contributed by atoms with van der Waals surface area (Å²) in [6, 6.07) is -1.27. The summed E-state index contributed by atoms with van der Waals surface area (Å²) >= 11 is 0. The summed E-state index contributed by atoms with van der Waals surface area (Å²) in [5.41, 5.74) is 5.27. The van der Waals surface area contributed by atoms with E-state index in [1.807, 2.05) is 19.0 Å². The second kappa shape index (κ2) is 6.87. The Morgan fingerprint density at radius 3 is 2.24 bits per heavy atom. The monoisotopic (exact) mass is 268 g/mol. The number of carboxylic acid groups (broad SMARTS) is 1. The van der Waals surface area contributed by atoms with Gasteiger partial charge in [-0.3, -0.25) is 4.79 Å². The van der Waals surface area contributed by atoms with E-state index in [-0.39, 0.29) is 13.1 Å². The van der Waals surface area contributed by atoms with Gasteiger partial charge in [0.05, 0.1) is 0 Å². The Balaban J connectivity index is 4.41. The highest BCUT2D eigenvalue weighted by molar-refractivity contribution is 7.86. The fraction of sp³-hybridized carbons (Fsp3) is 0.875. The summed E-state index contributed by atoms with van der Waals surface area (Å²) in [4.78, 5) is 12.4. The van der Waals surface area contributed by atoms with E-state index < -0.39 is 22.2 Å². The van der Waals surface area contributed by atoms with Gasteiger partial charge in [-0.25, -0.2) is 5.14 Å². The highest BCUT2D eigenvalue weighted by Crippen LogP contribution is 1.99. The third-order valence-corrected chi connectivity index (χ3v) is 3.14. The molecule has 9 heteroatoms. The van der Waals surface area contributed by atoms with Gasteiger partial charge in [-0.05, 0) is 27.1 Å². The lowest BCUT2D eigenvalue weighted by Gasteiger charge is -2.22. The van der Waals surface area contributed by atoms with Crippen molar-refractivity contribution in [1.82, 2.24) is 9.21 Å². The van der Waals surface area contributed by atoms with Gasteiger partial charge in [0.15, 0.2) is 0 Å². The number of carboxylic acids is 1. The minimum atomic E-state index is -3.92. The molecule has 5 N–H and O–H groups in total. The van der Waals surface area contributed by atoms with Crippen molar-refractivity contribution >= 4 is 16.2 Å². The molecule has 0 aliphatic heterocycles. The summed E-state index contributed by atoms with van der Waals surface area (Å²) in [5.74, 6) is -1.26. The van der Waals surface area contributed by atoms with Crippen LogP contribution < -0.4 is 10.9 Å². The highest BCUT2D eigenvalue weighted by atomic mass is 32.2. The number of nitrogens with zero attached hydrogens (tertiary/aromatic N) is 2. The number of hydrogen-bond donors (Lipinski definition) is 3. The van der Waals surface area contributed by atoms with Crippen LogP contribution in [0.3, 0.4) is 0 Å². The fourth-order valence-corrected chi connectivity index (χ4v) is 1.94. The molecule has 0 spiro atoms. The molecule has 1 unspecified atom stereocenters. The molecule has 0 bridgehead atoms. The van der Waals surface area contributed by atoms with Crippen LogP contribution in [0, 0.1) is 0 Å². The van der Waals surface area contributed by atoms with E-state index in [9.17, 15) is 13.2 Å². The van der Waals surface area contributed by atoms with Crippen LogP contribution in [0.5, 0.6) is 0 Å². The Hall–Kier alpha value is -0.740. The first kappa shape index (κ1) is 16.3. The number of hydrogen-bond acceptors (Lipinski definition) is 5. The summed E-state index contributed by atoms with van der Waals surface area (Å²) in [5, 5.41) is 13.6. The van der Waals surface area contributed by atoms with Crippen LogP contribution in [0.1, 0.15) is 6.42 Å². The van der Waals surface area contributed by atoms with Crippen LogP contribution in [0.2, 0.25) is 0 Å². The molecule has 0 heterocycles. The van der Waals surface area contributed by atoms with Gasteiger partial charge in [0.25, 0.3) is 10.2 Å². The normalized spacial score (nSPS) is 14.2. The van der Waals surface area contributed by atoms with Gasteiger partial charge >= 0.3 is 5.97 Å². The van der Waals surface area contributed by atoms with Gasteiger partial charge in [-0.15, -0.1) is 0 Å². The van der Waals surface area contributed by atoms with E-state index >= 15 is 0 Å². The maximum Gasteiger partial charge on any atom is 0.321 e. The first-order valence-electron chi connectivity index (χ1n) is 5.05. The summed E-state index contributed by atoms with van der Waals surface area (Å²) in [6.07, 6.45) is 0.551. The average molecular weight is 268 g/mol. The first-order chi connectivity index (χ1) is 7.64. The third-order valence-electron chi connectivity index (χ3n) is 2.09. The Morgan fingerprint density at radius 1 is 1.35 bits per heavy atom. The standard InChI is InChI=1S/C8H20N4O4S/c1-11(2)4-3-5-12(17(10,15)16)6-7(9)8(13)14/h7H,3-6,9H2,1-2H3,(H,13,14)(H2,10,15,16). The summed E-state index contributed by atoms with van der Waals surface area (Å²) < 4.78 is 23.3. The Labute approximate surface area is 101 Å². The van der Waals surface area contributed by atoms with Gasteiger partial charge in [0.1, 0.15) is 6.04 Å². The lowest BCUT2D eigenvalue weighted by atomic mass is 10.3. The first-order valence-corrected chi connectivity index (χ1v) is 6.56. The SMILES string of the molecule is CN(C)CCCN(CC(N)C(=O)O)S(N)(=O)=O. The van der Waals surface area contributed by atoms with E-state index in [1.165, 1.54) is 0 Å². The van der Waals surface area contributed by atoms with E-state index in [0.717, 1.165) is 4.31 Å². The molecule has 0 fully saturated rings. The minimum absolute atomic E-state index is 0.151. The van der Waals surface area contributed by atoms with Crippen molar-refractivity contribution in [3.8, 4) is 0 Å². The van der Waals surface area contributed by atoms with E-state index in [0.29, 0.717) is 13.0 Å². The predicted octanol–water partition coefficient (Wildman–Crippen LogP) is -2.14. The van der Waals surface area contributed by atoms with E-state index in [1.54, 1.807) is 0 Å². The highest BCUT2D eigenvalue weighted by Gasteiger charge is 2.23. The molecule has 0 aromatic heterocycles. The third kappa shape index (κ3) is 7.23. The Morgan fingerprint density at radius 2 is 1.88 bits per heavy atom. The molecule has 0 radical (unpaired) electrons. The van der Waals surface area contributed by atoms with Crippen LogP contribution in [0.4, 0.5) is 0 Å². The quantitative estimate of drug-likeness (QED) is 0.460. The molecule has 17 heavy (non-hydrogen) atoms.